The Labute approximate surface area is 118 Å². The molecule has 2 aromatic rings. The molecule has 2 rings (SSSR count). The number of halogens is 1. The van der Waals surface area contributed by atoms with Crippen LogP contribution < -0.4 is 5.73 Å². The van der Waals surface area contributed by atoms with Crippen LogP contribution in [0.25, 0.3) is 11.4 Å². The molecule has 0 saturated carbocycles. The first kappa shape index (κ1) is 14.0. The van der Waals surface area contributed by atoms with E-state index < -0.39 is 0 Å². The molecule has 2 N–H and O–H groups in total. The lowest BCUT2D eigenvalue weighted by Gasteiger charge is -2.13. The van der Waals surface area contributed by atoms with Crippen molar-refractivity contribution in [2.75, 3.05) is 0 Å². The van der Waals surface area contributed by atoms with Crippen molar-refractivity contribution in [3.05, 3.63) is 34.6 Å². The van der Waals surface area contributed by atoms with Gasteiger partial charge in [-0.25, -0.2) is 0 Å². The lowest BCUT2D eigenvalue weighted by molar-refractivity contribution is 0.510. The molecule has 1 heterocycles. The van der Waals surface area contributed by atoms with E-state index >= 15 is 0 Å². The second-order valence-corrected chi connectivity index (χ2v) is 5.54. The van der Waals surface area contributed by atoms with E-state index in [-0.39, 0.29) is 0 Å². The van der Waals surface area contributed by atoms with E-state index in [1.54, 1.807) is 0 Å². The molecule has 0 unspecified atom stereocenters. The molecule has 0 radical (unpaired) electrons. The van der Waals surface area contributed by atoms with Crippen LogP contribution in [0.4, 0.5) is 0 Å². The molecule has 1 aromatic heterocycles. The summed E-state index contributed by atoms with van der Waals surface area (Å²) in [7, 11) is 0. The number of aryl methyl sites for hydroxylation is 1. The molecular weight excluding hydrogens is 260 g/mol. The van der Waals surface area contributed by atoms with Crippen LogP contribution >= 0.6 is 11.6 Å². The van der Waals surface area contributed by atoms with E-state index in [4.69, 9.17) is 17.3 Å². The number of hydrogen-bond donors (Lipinski definition) is 1. The molecule has 0 saturated heterocycles. The third kappa shape index (κ3) is 2.96. The summed E-state index contributed by atoms with van der Waals surface area (Å²) in [4.78, 5) is 0. The maximum absolute atomic E-state index is 6.08. The van der Waals surface area contributed by atoms with Gasteiger partial charge in [0.1, 0.15) is 5.82 Å². The number of hydrogen-bond acceptors (Lipinski definition) is 3. The van der Waals surface area contributed by atoms with E-state index in [0.717, 1.165) is 29.3 Å². The summed E-state index contributed by atoms with van der Waals surface area (Å²) < 4.78 is 2.09. The minimum absolute atomic E-state index is 0.388. The molecule has 19 heavy (non-hydrogen) atoms. The zero-order valence-corrected chi connectivity index (χ0v) is 12.3. The molecule has 0 aliphatic rings. The smallest absolute Gasteiger partial charge is 0.164 e. The second kappa shape index (κ2) is 5.72. The van der Waals surface area contributed by atoms with Crippen molar-refractivity contribution in [2.45, 2.75) is 33.9 Å². The monoisotopic (exact) mass is 278 g/mol. The van der Waals surface area contributed by atoms with Crippen LogP contribution in [0.2, 0.25) is 5.02 Å². The molecular formula is C14H19ClN4. The highest BCUT2D eigenvalue weighted by Gasteiger charge is 2.15. The van der Waals surface area contributed by atoms with Crippen LogP contribution in [-0.2, 0) is 13.1 Å². The van der Waals surface area contributed by atoms with Crippen molar-refractivity contribution in [3.63, 3.8) is 0 Å². The van der Waals surface area contributed by atoms with Crippen molar-refractivity contribution < 1.29 is 0 Å². The first-order valence-electron chi connectivity index (χ1n) is 6.41. The van der Waals surface area contributed by atoms with Crippen LogP contribution in [0.5, 0.6) is 0 Å². The molecule has 0 spiro atoms. The zero-order chi connectivity index (χ0) is 14.0. The summed E-state index contributed by atoms with van der Waals surface area (Å²) in [6.45, 7) is 7.60. The van der Waals surface area contributed by atoms with E-state index in [2.05, 4.69) is 28.6 Å². The Kier molecular flexibility index (Phi) is 4.22. The third-order valence-corrected chi connectivity index (χ3v) is 3.23. The van der Waals surface area contributed by atoms with Gasteiger partial charge in [0.15, 0.2) is 5.82 Å². The Balaban J connectivity index is 2.55. The van der Waals surface area contributed by atoms with Crippen LogP contribution in [-0.4, -0.2) is 14.8 Å². The maximum atomic E-state index is 6.08. The molecule has 0 aliphatic carbocycles. The Morgan fingerprint density at radius 3 is 2.68 bits per heavy atom. The van der Waals surface area contributed by atoms with Crippen LogP contribution in [0, 0.1) is 12.8 Å². The Morgan fingerprint density at radius 2 is 2.05 bits per heavy atom. The van der Waals surface area contributed by atoms with Gasteiger partial charge in [0.05, 0.1) is 6.54 Å². The lowest BCUT2D eigenvalue weighted by Crippen LogP contribution is -2.13. The molecule has 4 nitrogen and oxygen atoms in total. The fourth-order valence-corrected chi connectivity index (χ4v) is 2.25. The summed E-state index contributed by atoms with van der Waals surface area (Å²) in [5.74, 6) is 2.15. The van der Waals surface area contributed by atoms with Crippen molar-refractivity contribution in [3.8, 4) is 11.4 Å². The number of rotatable bonds is 4. The van der Waals surface area contributed by atoms with E-state index in [0.29, 0.717) is 17.5 Å². The minimum Gasteiger partial charge on any atom is -0.324 e. The molecule has 1 aromatic carbocycles. The zero-order valence-electron chi connectivity index (χ0n) is 11.5. The summed E-state index contributed by atoms with van der Waals surface area (Å²) in [5, 5.41) is 9.17. The predicted octanol–water partition coefficient (Wildman–Crippen LogP) is 3.02. The molecule has 5 heteroatoms. The Morgan fingerprint density at radius 1 is 1.32 bits per heavy atom. The highest BCUT2D eigenvalue weighted by molar-refractivity contribution is 6.30. The van der Waals surface area contributed by atoms with Crippen LogP contribution in [0.3, 0.4) is 0 Å². The van der Waals surface area contributed by atoms with Crippen LogP contribution in [0.15, 0.2) is 18.2 Å². The first-order valence-corrected chi connectivity index (χ1v) is 6.79. The van der Waals surface area contributed by atoms with Gasteiger partial charge in [-0.15, -0.1) is 10.2 Å². The maximum Gasteiger partial charge on any atom is 0.164 e. The number of nitrogens with two attached hydrogens (primary N) is 1. The third-order valence-electron chi connectivity index (χ3n) is 3.00. The first-order chi connectivity index (χ1) is 9.02. The highest BCUT2D eigenvalue weighted by atomic mass is 35.5. The number of nitrogens with zero attached hydrogens (tertiary/aromatic N) is 3. The lowest BCUT2D eigenvalue weighted by atomic mass is 10.1. The van der Waals surface area contributed by atoms with Gasteiger partial charge in [0.25, 0.3) is 0 Å². The Bertz CT molecular complexity index is 575. The summed E-state index contributed by atoms with van der Waals surface area (Å²) in [6.07, 6.45) is 0. The number of benzene rings is 1. The summed E-state index contributed by atoms with van der Waals surface area (Å²) >= 11 is 6.08. The van der Waals surface area contributed by atoms with E-state index in [1.165, 1.54) is 0 Å². The second-order valence-electron chi connectivity index (χ2n) is 5.11. The number of aromatic nitrogens is 3. The van der Waals surface area contributed by atoms with Gasteiger partial charge in [-0.05, 0) is 30.5 Å². The van der Waals surface area contributed by atoms with Crippen molar-refractivity contribution in [2.24, 2.45) is 11.7 Å². The average molecular weight is 279 g/mol. The van der Waals surface area contributed by atoms with E-state index in [1.807, 2.05) is 25.1 Å². The largest absolute Gasteiger partial charge is 0.324 e. The van der Waals surface area contributed by atoms with Crippen molar-refractivity contribution in [1.82, 2.24) is 14.8 Å². The van der Waals surface area contributed by atoms with Crippen molar-refractivity contribution >= 4 is 11.6 Å². The molecule has 0 atom stereocenters. The summed E-state index contributed by atoms with van der Waals surface area (Å²) in [5.41, 5.74) is 7.88. The molecule has 0 aliphatic heterocycles. The van der Waals surface area contributed by atoms with Crippen molar-refractivity contribution in [1.29, 1.82) is 0 Å². The van der Waals surface area contributed by atoms with Crippen LogP contribution in [0.1, 0.15) is 25.2 Å². The van der Waals surface area contributed by atoms with Gasteiger partial charge in [-0.1, -0.05) is 31.5 Å². The standard InChI is InChI=1S/C14H19ClN4/c1-9(2)8-19-13(7-16)17-18-14(19)12-6-11(15)5-4-10(12)3/h4-6,9H,7-8,16H2,1-3H3. The molecule has 0 amide bonds. The quantitative estimate of drug-likeness (QED) is 0.935. The molecule has 102 valence electrons. The fourth-order valence-electron chi connectivity index (χ4n) is 2.08. The van der Waals surface area contributed by atoms with Gasteiger partial charge in [-0.2, -0.15) is 0 Å². The highest BCUT2D eigenvalue weighted by Crippen LogP contribution is 2.26. The van der Waals surface area contributed by atoms with Gasteiger partial charge in [-0.3, -0.25) is 0 Å². The SMILES string of the molecule is Cc1ccc(Cl)cc1-c1nnc(CN)n1CC(C)C. The minimum atomic E-state index is 0.388. The van der Waals surface area contributed by atoms with Gasteiger partial charge < -0.3 is 10.3 Å². The topological polar surface area (TPSA) is 56.7 Å². The van der Waals surface area contributed by atoms with Gasteiger partial charge >= 0.3 is 0 Å². The van der Waals surface area contributed by atoms with Gasteiger partial charge in [0, 0.05) is 17.1 Å². The fraction of sp³-hybridized carbons (Fsp3) is 0.429. The molecule has 0 fully saturated rings. The van der Waals surface area contributed by atoms with E-state index in [9.17, 15) is 0 Å². The predicted molar refractivity (Wildman–Crippen MR) is 77.9 cm³/mol. The summed E-state index contributed by atoms with van der Waals surface area (Å²) in [6, 6.07) is 5.81. The molecule has 0 bridgehead atoms. The normalized spacial score (nSPS) is 11.3. The Hall–Kier alpha value is -1.39. The van der Waals surface area contributed by atoms with Gasteiger partial charge in [0.2, 0.25) is 0 Å². The average Bonchev–Trinajstić information content (AvgIpc) is 2.74.